The maximum absolute atomic E-state index is 13.4. The van der Waals surface area contributed by atoms with E-state index in [9.17, 15) is 17.6 Å². The van der Waals surface area contributed by atoms with Gasteiger partial charge in [-0.2, -0.15) is 0 Å². The quantitative estimate of drug-likeness (QED) is 0.568. The summed E-state index contributed by atoms with van der Waals surface area (Å²) >= 11 is 6.24. The number of para-hydroxylation sites is 1. The Morgan fingerprint density at radius 2 is 1.94 bits per heavy atom. The highest BCUT2D eigenvalue weighted by atomic mass is 35.5. The van der Waals surface area contributed by atoms with Gasteiger partial charge in [-0.3, -0.25) is 9.10 Å². The highest BCUT2D eigenvalue weighted by Gasteiger charge is 2.31. The summed E-state index contributed by atoms with van der Waals surface area (Å²) in [4.78, 5) is 12.2. The molecule has 0 saturated carbocycles. The van der Waals surface area contributed by atoms with Crippen molar-refractivity contribution in [3.63, 3.8) is 0 Å². The number of aryl methyl sites for hydroxylation is 1. The number of amides is 1. The van der Waals surface area contributed by atoms with Gasteiger partial charge >= 0.3 is 0 Å². The van der Waals surface area contributed by atoms with E-state index in [2.05, 4.69) is 5.32 Å². The molecule has 0 aliphatic carbocycles. The molecule has 1 N–H and O–H groups in total. The lowest BCUT2D eigenvalue weighted by Gasteiger charge is -2.20. The number of carbonyl (C=O) groups excluding carboxylic acids is 1. The first kappa shape index (κ1) is 22.1. The Hall–Kier alpha value is -3.10. The Balaban J connectivity index is 1.45. The zero-order valence-electron chi connectivity index (χ0n) is 17.1. The van der Waals surface area contributed by atoms with Crippen LogP contribution in [0.2, 0.25) is 5.02 Å². The second kappa shape index (κ2) is 8.80. The van der Waals surface area contributed by atoms with E-state index in [-0.39, 0.29) is 22.3 Å². The van der Waals surface area contributed by atoms with Crippen molar-refractivity contribution in [1.82, 2.24) is 0 Å². The fourth-order valence-electron chi connectivity index (χ4n) is 3.50. The summed E-state index contributed by atoms with van der Waals surface area (Å²) in [6, 6.07) is 15.6. The summed E-state index contributed by atoms with van der Waals surface area (Å²) in [5, 5.41) is 2.64. The van der Waals surface area contributed by atoms with Crippen LogP contribution in [-0.4, -0.2) is 27.5 Å². The number of rotatable bonds is 6. The first-order valence-electron chi connectivity index (χ1n) is 9.85. The Morgan fingerprint density at radius 3 is 2.72 bits per heavy atom. The van der Waals surface area contributed by atoms with Crippen LogP contribution in [0.1, 0.15) is 11.1 Å². The average Bonchev–Trinajstić information content (AvgIpc) is 3.20. The number of sulfonamides is 1. The van der Waals surface area contributed by atoms with Crippen molar-refractivity contribution < 1.29 is 22.3 Å². The summed E-state index contributed by atoms with van der Waals surface area (Å²) in [5.74, 6) is -0.800. The number of benzene rings is 3. The van der Waals surface area contributed by atoms with Crippen molar-refractivity contribution in [3.05, 3.63) is 82.6 Å². The van der Waals surface area contributed by atoms with Crippen molar-refractivity contribution in [2.45, 2.75) is 18.2 Å². The number of nitrogens with one attached hydrogen (secondary N) is 1. The number of ether oxygens (including phenoxy) is 1. The smallest absolute Gasteiger partial charge is 0.264 e. The molecule has 1 amide bonds. The van der Waals surface area contributed by atoms with Crippen LogP contribution in [0.5, 0.6) is 5.75 Å². The molecule has 0 fully saturated rings. The number of nitrogens with zero attached hydrogens (tertiary/aromatic N) is 1. The van der Waals surface area contributed by atoms with Gasteiger partial charge in [0.05, 0.1) is 15.6 Å². The molecule has 1 heterocycles. The number of hydrogen-bond acceptors (Lipinski definition) is 4. The van der Waals surface area contributed by atoms with Crippen molar-refractivity contribution in [1.29, 1.82) is 0 Å². The normalized spacial score (nSPS) is 13.0. The van der Waals surface area contributed by atoms with Gasteiger partial charge in [-0.15, -0.1) is 0 Å². The minimum absolute atomic E-state index is 0.0337. The Morgan fingerprint density at radius 1 is 1.16 bits per heavy atom. The van der Waals surface area contributed by atoms with Gasteiger partial charge in [0.1, 0.15) is 11.6 Å². The van der Waals surface area contributed by atoms with Crippen molar-refractivity contribution >= 4 is 38.9 Å². The molecule has 6 nitrogen and oxygen atoms in total. The monoisotopic (exact) mass is 474 g/mol. The van der Waals surface area contributed by atoms with Gasteiger partial charge in [0, 0.05) is 12.2 Å². The van der Waals surface area contributed by atoms with Crippen LogP contribution in [0.15, 0.2) is 65.6 Å². The third kappa shape index (κ3) is 4.42. The van der Waals surface area contributed by atoms with Gasteiger partial charge in [-0.1, -0.05) is 35.9 Å². The highest BCUT2D eigenvalue weighted by Crippen LogP contribution is 2.35. The van der Waals surface area contributed by atoms with E-state index in [4.69, 9.17) is 16.3 Å². The zero-order valence-corrected chi connectivity index (χ0v) is 18.7. The van der Waals surface area contributed by atoms with Gasteiger partial charge in [-0.25, -0.2) is 12.8 Å². The molecule has 1 aliphatic heterocycles. The van der Waals surface area contributed by atoms with Crippen LogP contribution in [0, 0.1) is 12.7 Å². The number of halogens is 2. The Kier molecular flexibility index (Phi) is 6.08. The molecular formula is C23H20ClFN2O4S. The van der Waals surface area contributed by atoms with Crippen LogP contribution in [-0.2, 0) is 21.2 Å². The van der Waals surface area contributed by atoms with Gasteiger partial charge in [0.2, 0.25) is 0 Å². The van der Waals surface area contributed by atoms with E-state index >= 15 is 0 Å². The fourth-order valence-corrected chi connectivity index (χ4v) is 5.33. The first-order chi connectivity index (χ1) is 15.3. The molecule has 0 unspecified atom stereocenters. The number of hydrogen-bond donors (Lipinski definition) is 1. The second-order valence-corrected chi connectivity index (χ2v) is 9.61. The van der Waals surface area contributed by atoms with Crippen LogP contribution in [0.25, 0.3) is 0 Å². The van der Waals surface area contributed by atoms with E-state index in [0.717, 1.165) is 5.56 Å². The molecule has 0 spiro atoms. The highest BCUT2D eigenvalue weighted by molar-refractivity contribution is 7.92. The van der Waals surface area contributed by atoms with Gasteiger partial charge in [-0.05, 0) is 60.9 Å². The molecule has 9 heteroatoms. The molecule has 0 radical (unpaired) electrons. The minimum atomic E-state index is -3.79. The van der Waals surface area contributed by atoms with E-state index in [1.165, 1.54) is 34.6 Å². The summed E-state index contributed by atoms with van der Waals surface area (Å²) in [6.07, 6.45) is 0.643. The van der Waals surface area contributed by atoms with E-state index in [1.807, 2.05) is 12.1 Å². The first-order valence-corrected chi connectivity index (χ1v) is 11.7. The molecule has 0 aromatic heterocycles. The molecule has 166 valence electrons. The number of carbonyl (C=O) groups is 1. The van der Waals surface area contributed by atoms with Gasteiger partial charge in [0.15, 0.2) is 6.61 Å². The lowest BCUT2D eigenvalue weighted by Crippen LogP contribution is -2.29. The zero-order chi connectivity index (χ0) is 22.9. The molecular weight excluding hydrogens is 455 g/mol. The molecule has 32 heavy (non-hydrogen) atoms. The maximum Gasteiger partial charge on any atom is 0.264 e. The molecule has 4 rings (SSSR count). The van der Waals surface area contributed by atoms with E-state index in [1.54, 1.807) is 25.1 Å². The predicted molar refractivity (Wildman–Crippen MR) is 121 cm³/mol. The van der Waals surface area contributed by atoms with Crippen molar-refractivity contribution in [2.75, 3.05) is 22.8 Å². The molecule has 0 bridgehead atoms. The SMILES string of the molecule is Cc1ccc(F)cc1NC(=O)COc1ccc(S(=O)(=O)N2CCc3ccccc32)cc1Cl. The third-order valence-electron chi connectivity index (χ3n) is 5.17. The molecule has 3 aromatic carbocycles. The summed E-state index contributed by atoms with van der Waals surface area (Å²) < 4.78 is 46.4. The minimum Gasteiger partial charge on any atom is -0.482 e. The van der Waals surface area contributed by atoms with Crippen LogP contribution >= 0.6 is 11.6 Å². The van der Waals surface area contributed by atoms with Crippen LogP contribution < -0.4 is 14.4 Å². The van der Waals surface area contributed by atoms with Gasteiger partial charge < -0.3 is 10.1 Å². The standard InChI is InChI=1S/C23H20ClFN2O4S/c1-15-6-7-17(25)12-20(15)26-23(28)14-31-22-9-8-18(13-19(22)24)32(29,30)27-11-10-16-4-2-3-5-21(16)27/h2-9,12-13H,10-11,14H2,1H3,(H,26,28). The van der Waals surface area contributed by atoms with Gasteiger partial charge in [0.25, 0.3) is 15.9 Å². The molecule has 3 aromatic rings. The van der Waals surface area contributed by atoms with Crippen LogP contribution in [0.3, 0.4) is 0 Å². The topological polar surface area (TPSA) is 75.7 Å². The number of anilines is 2. The predicted octanol–water partition coefficient (Wildman–Crippen LogP) is 4.56. The fraction of sp³-hybridized carbons (Fsp3) is 0.174. The number of fused-ring (bicyclic) bond motifs is 1. The lowest BCUT2D eigenvalue weighted by molar-refractivity contribution is -0.118. The Labute approximate surface area is 190 Å². The summed E-state index contributed by atoms with van der Waals surface area (Å²) in [5.41, 5.74) is 2.68. The largest absolute Gasteiger partial charge is 0.482 e. The van der Waals surface area contributed by atoms with Crippen molar-refractivity contribution in [3.8, 4) is 5.75 Å². The Bertz CT molecular complexity index is 1300. The average molecular weight is 475 g/mol. The van der Waals surface area contributed by atoms with Crippen LogP contribution in [0.4, 0.5) is 15.8 Å². The maximum atomic E-state index is 13.4. The van der Waals surface area contributed by atoms with E-state index < -0.39 is 21.7 Å². The second-order valence-electron chi connectivity index (χ2n) is 7.34. The summed E-state index contributed by atoms with van der Waals surface area (Å²) in [6.45, 7) is 1.73. The van der Waals surface area contributed by atoms with E-state index in [0.29, 0.717) is 29.9 Å². The van der Waals surface area contributed by atoms with Crippen molar-refractivity contribution in [2.24, 2.45) is 0 Å². The summed E-state index contributed by atoms with van der Waals surface area (Å²) in [7, 11) is -3.79. The molecule has 1 aliphatic rings. The molecule has 0 atom stereocenters. The lowest BCUT2D eigenvalue weighted by atomic mass is 10.2. The molecule has 0 saturated heterocycles. The third-order valence-corrected chi connectivity index (χ3v) is 7.27.